The van der Waals surface area contributed by atoms with Crippen LogP contribution in [0.4, 0.5) is 4.79 Å². The Kier molecular flexibility index (Phi) is 5.27. The van der Waals surface area contributed by atoms with Crippen molar-refractivity contribution < 1.29 is 4.79 Å². The van der Waals surface area contributed by atoms with Gasteiger partial charge in [0.15, 0.2) is 0 Å². The average Bonchev–Trinajstić information content (AvgIpc) is 2.56. The minimum Gasteiger partial charge on any atom is -0.336 e. The molecule has 1 N–H and O–H groups in total. The Balaban J connectivity index is 1.50. The summed E-state index contributed by atoms with van der Waals surface area (Å²) in [5.74, 6) is 0. The summed E-state index contributed by atoms with van der Waals surface area (Å²) in [6, 6.07) is 0.564. The summed E-state index contributed by atoms with van der Waals surface area (Å²) in [5, 5.41) is 3.20. The van der Waals surface area contributed by atoms with Gasteiger partial charge in [0.05, 0.1) is 0 Å². The van der Waals surface area contributed by atoms with Gasteiger partial charge in [-0.25, -0.2) is 4.79 Å². The molecule has 2 amide bonds. The zero-order chi connectivity index (χ0) is 16.3. The van der Waals surface area contributed by atoms with Gasteiger partial charge in [-0.05, 0) is 51.6 Å². The molecule has 0 aromatic carbocycles. The first-order valence-electron chi connectivity index (χ1n) is 9.15. The van der Waals surface area contributed by atoms with Crippen LogP contribution in [0.1, 0.15) is 32.1 Å². The van der Waals surface area contributed by atoms with E-state index in [1.807, 2.05) is 0 Å². The number of amides is 2. The number of allylic oxidation sites excluding steroid dienone is 2. The number of piperidine rings is 1. The van der Waals surface area contributed by atoms with Gasteiger partial charge < -0.3 is 15.1 Å². The average molecular weight is 320 g/mol. The number of nitrogens with one attached hydrogen (secondary N) is 1. The molecule has 3 rings (SSSR count). The maximum Gasteiger partial charge on any atom is 0.317 e. The van der Waals surface area contributed by atoms with Gasteiger partial charge in [0.2, 0.25) is 0 Å². The van der Waals surface area contributed by atoms with Crippen molar-refractivity contribution >= 4 is 6.03 Å². The SMILES string of the molecule is CN1CCN(C)C(CNC(=O)N2CCCC3(CC=CCC3)C2)C1. The number of piperazine rings is 1. The highest BCUT2D eigenvalue weighted by Crippen LogP contribution is 2.40. The summed E-state index contributed by atoms with van der Waals surface area (Å²) in [4.78, 5) is 19.4. The fourth-order valence-corrected chi connectivity index (χ4v) is 4.33. The van der Waals surface area contributed by atoms with Gasteiger partial charge in [-0.3, -0.25) is 4.90 Å². The van der Waals surface area contributed by atoms with Crippen molar-refractivity contribution in [2.24, 2.45) is 5.41 Å². The van der Waals surface area contributed by atoms with Gasteiger partial charge >= 0.3 is 6.03 Å². The predicted octanol–water partition coefficient (Wildman–Crippen LogP) is 1.76. The summed E-state index contributed by atoms with van der Waals surface area (Å²) >= 11 is 0. The Hall–Kier alpha value is -1.07. The lowest BCUT2D eigenvalue weighted by molar-refractivity contribution is 0.0893. The molecule has 2 atom stereocenters. The van der Waals surface area contributed by atoms with Gasteiger partial charge in [0.25, 0.3) is 0 Å². The molecular formula is C18H32N4O. The standard InChI is InChI=1S/C18H32N4O/c1-20-11-12-21(2)16(14-20)13-19-17(23)22-10-6-9-18(15-22)7-4-3-5-8-18/h3-4,16H,5-15H2,1-2H3,(H,19,23). The minimum atomic E-state index is 0.139. The van der Waals surface area contributed by atoms with Crippen molar-refractivity contribution in [2.75, 3.05) is 53.4 Å². The van der Waals surface area contributed by atoms with Gasteiger partial charge in [-0.15, -0.1) is 0 Å². The van der Waals surface area contributed by atoms with Gasteiger partial charge in [-0.1, -0.05) is 12.2 Å². The predicted molar refractivity (Wildman–Crippen MR) is 93.5 cm³/mol. The Morgan fingerprint density at radius 2 is 2.09 bits per heavy atom. The number of rotatable bonds is 2. The lowest BCUT2D eigenvalue weighted by Crippen LogP contribution is -2.56. The molecule has 0 bridgehead atoms. The minimum absolute atomic E-state index is 0.139. The van der Waals surface area contributed by atoms with E-state index in [9.17, 15) is 4.79 Å². The van der Waals surface area contributed by atoms with Gasteiger partial charge in [0, 0.05) is 45.3 Å². The number of likely N-dealkylation sites (tertiary alicyclic amines) is 1. The lowest BCUT2D eigenvalue weighted by Gasteiger charge is -2.44. The van der Waals surface area contributed by atoms with Gasteiger partial charge in [-0.2, -0.15) is 0 Å². The molecule has 0 aromatic rings. The monoisotopic (exact) mass is 320 g/mol. The number of likely N-dealkylation sites (N-methyl/N-ethyl adjacent to an activating group) is 2. The van der Waals surface area contributed by atoms with Crippen LogP contribution in [0, 0.1) is 5.41 Å². The highest BCUT2D eigenvalue weighted by molar-refractivity contribution is 5.74. The molecule has 130 valence electrons. The molecule has 2 heterocycles. The maximum atomic E-state index is 12.6. The highest BCUT2D eigenvalue weighted by Gasteiger charge is 2.37. The van der Waals surface area contributed by atoms with Crippen LogP contribution in [-0.2, 0) is 0 Å². The summed E-state index contributed by atoms with van der Waals surface area (Å²) < 4.78 is 0. The number of carbonyl (C=O) groups excluding carboxylic acids is 1. The van der Waals surface area contributed by atoms with Gasteiger partial charge in [0.1, 0.15) is 0 Å². The summed E-state index contributed by atoms with van der Waals surface area (Å²) in [5.41, 5.74) is 0.353. The van der Waals surface area contributed by atoms with Crippen molar-refractivity contribution in [1.29, 1.82) is 0 Å². The Bertz CT molecular complexity index is 452. The van der Waals surface area contributed by atoms with E-state index in [0.29, 0.717) is 11.5 Å². The van der Waals surface area contributed by atoms with Crippen molar-refractivity contribution in [1.82, 2.24) is 20.0 Å². The second-order valence-electron chi connectivity index (χ2n) is 7.82. The smallest absolute Gasteiger partial charge is 0.317 e. The molecule has 2 saturated heterocycles. The quantitative estimate of drug-likeness (QED) is 0.788. The van der Waals surface area contributed by atoms with Crippen LogP contribution in [0.15, 0.2) is 12.2 Å². The summed E-state index contributed by atoms with van der Waals surface area (Å²) in [6.07, 6.45) is 10.6. The Morgan fingerprint density at radius 3 is 2.87 bits per heavy atom. The molecule has 0 radical (unpaired) electrons. The van der Waals surface area contributed by atoms with E-state index in [1.54, 1.807) is 0 Å². The molecule has 2 unspecified atom stereocenters. The zero-order valence-electron chi connectivity index (χ0n) is 14.8. The third-order valence-electron chi connectivity index (χ3n) is 5.98. The molecule has 5 heteroatoms. The third-order valence-corrected chi connectivity index (χ3v) is 5.98. The van der Waals surface area contributed by atoms with Crippen molar-refractivity contribution in [3.8, 4) is 0 Å². The largest absolute Gasteiger partial charge is 0.336 e. The molecule has 2 fully saturated rings. The first-order valence-corrected chi connectivity index (χ1v) is 9.15. The molecule has 1 aliphatic carbocycles. The Labute approximate surface area is 140 Å². The highest BCUT2D eigenvalue weighted by atomic mass is 16.2. The molecule has 1 spiro atoms. The van der Waals surface area contributed by atoms with E-state index in [-0.39, 0.29) is 6.03 Å². The van der Waals surface area contributed by atoms with Crippen molar-refractivity contribution in [3.63, 3.8) is 0 Å². The third kappa shape index (κ3) is 4.07. The van der Waals surface area contributed by atoms with E-state index >= 15 is 0 Å². The molecule has 5 nitrogen and oxygen atoms in total. The first-order chi connectivity index (χ1) is 11.1. The summed E-state index contributed by atoms with van der Waals surface area (Å²) in [7, 11) is 4.32. The number of nitrogens with zero attached hydrogens (tertiary/aromatic N) is 3. The normalized spacial score (nSPS) is 33.1. The molecule has 3 aliphatic rings. The number of hydrogen-bond acceptors (Lipinski definition) is 3. The van der Waals surface area contributed by atoms with Crippen LogP contribution in [0.2, 0.25) is 0 Å². The molecular weight excluding hydrogens is 288 g/mol. The fourth-order valence-electron chi connectivity index (χ4n) is 4.33. The molecule has 2 aliphatic heterocycles. The van der Waals surface area contributed by atoms with E-state index in [4.69, 9.17) is 0 Å². The number of hydrogen-bond donors (Lipinski definition) is 1. The van der Waals surface area contributed by atoms with Crippen LogP contribution in [0.25, 0.3) is 0 Å². The molecule has 0 aromatic heterocycles. The topological polar surface area (TPSA) is 38.8 Å². The number of urea groups is 1. The van der Waals surface area contributed by atoms with Crippen LogP contribution in [-0.4, -0.2) is 80.1 Å². The van der Waals surface area contributed by atoms with Crippen LogP contribution in [0.5, 0.6) is 0 Å². The second-order valence-corrected chi connectivity index (χ2v) is 7.82. The van der Waals surface area contributed by atoms with E-state index < -0.39 is 0 Å². The Morgan fingerprint density at radius 1 is 1.22 bits per heavy atom. The van der Waals surface area contributed by atoms with Crippen molar-refractivity contribution in [3.05, 3.63) is 12.2 Å². The maximum absolute atomic E-state index is 12.6. The van der Waals surface area contributed by atoms with E-state index in [2.05, 4.69) is 46.3 Å². The van der Waals surface area contributed by atoms with E-state index in [1.165, 1.54) is 19.3 Å². The molecule has 0 saturated carbocycles. The second kappa shape index (κ2) is 7.22. The van der Waals surface area contributed by atoms with Crippen LogP contribution >= 0.6 is 0 Å². The molecule has 23 heavy (non-hydrogen) atoms. The zero-order valence-corrected chi connectivity index (χ0v) is 14.8. The fraction of sp³-hybridized carbons (Fsp3) is 0.833. The van der Waals surface area contributed by atoms with Crippen LogP contribution in [0.3, 0.4) is 0 Å². The van der Waals surface area contributed by atoms with E-state index in [0.717, 1.165) is 52.1 Å². The summed E-state index contributed by atoms with van der Waals surface area (Å²) in [6.45, 7) is 5.83. The number of carbonyl (C=O) groups is 1. The van der Waals surface area contributed by atoms with Crippen molar-refractivity contribution in [2.45, 2.75) is 38.1 Å². The first kappa shape index (κ1) is 16.8. The lowest BCUT2D eigenvalue weighted by atomic mass is 9.71. The van der Waals surface area contributed by atoms with Crippen LogP contribution < -0.4 is 5.32 Å².